The predicted molar refractivity (Wildman–Crippen MR) is 94.5 cm³/mol. The summed E-state index contributed by atoms with van der Waals surface area (Å²) in [5.74, 6) is 0.419. The number of hydrogen-bond donors (Lipinski definition) is 2. The van der Waals surface area contributed by atoms with Crippen LogP contribution in [-0.4, -0.2) is 26.6 Å². The van der Waals surface area contributed by atoms with Gasteiger partial charge < -0.3 is 15.6 Å². The number of fused-ring (bicyclic) bond motifs is 3. The number of hydrogen-bond acceptors (Lipinski definition) is 6. The van der Waals surface area contributed by atoms with E-state index in [9.17, 15) is 4.39 Å². The van der Waals surface area contributed by atoms with Crippen molar-refractivity contribution in [2.45, 2.75) is 6.54 Å². The van der Waals surface area contributed by atoms with Crippen molar-refractivity contribution in [2.75, 3.05) is 12.4 Å². The first-order valence-corrected chi connectivity index (χ1v) is 8.22. The van der Waals surface area contributed by atoms with E-state index in [-0.39, 0.29) is 12.4 Å². The largest absolute Gasteiger partial charge is 0.371 e. The molecule has 0 bridgehead atoms. The molecule has 0 aliphatic rings. The Bertz CT molecular complexity index is 1070. The second-order valence-corrected chi connectivity index (χ2v) is 6.42. The zero-order valence-electron chi connectivity index (χ0n) is 13.2. The lowest BCUT2D eigenvalue weighted by Gasteiger charge is -2.02. The van der Waals surface area contributed by atoms with Crippen molar-refractivity contribution in [3.05, 3.63) is 35.9 Å². The van der Waals surface area contributed by atoms with Gasteiger partial charge in [0.1, 0.15) is 32.2 Å². The predicted octanol–water partition coefficient (Wildman–Crippen LogP) is 2.88. The molecule has 3 aromatic heterocycles. The molecule has 122 valence electrons. The first-order valence-electron chi connectivity index (χ1n) is 7.40. The maximum absolute atomic E-state index is 13.7. The van der Waals surface area contributed by atoms with Gasteiger partial charge in [-0.05, 0) is 18.2 Å². The minimum absolute atomic E-state index is 0.151. The molecule has 0 radical (unpaired) electrons. The Kier molecular flexibility index (Phi) is 3.43. The Morgan fingerprint density at radius 2 is 2.12 bits per heavy atom. The second kappa shape index (κ2) is 5.50. The molecule has 6 nitrogen and oxygen atoms in total. The fourth-order valence-corrected chi connectivity index (χ4v) is 3.68. The Labute approximate surface area is 141 Å². The zero-order chi connectivity index (χ0) is 16.8. The summed E-state index contributed by atoms with van der Waals surface area (Å²) in [5, 5.41) is 3.86. The fraction of sp³-hybridized carbons (Fsp3) is 0.188. The summed E-state index contributed by atoms with van der Waals surface area (Å²) in [7, 11) is 3.75. The van der Waals surface area contributed by atoms with Crippen LogP contribution in [0.25, 0.3) is 32.0 Å². The van der Waals surface area contributed by atoms with Crippen LogP contribution in [0.3, 0.4) is 0 Å². The molecule has 4 aromatic rings. The third-order valence-electron chi connectivity index (χ3n) is 3.96. The molecule has 3 N–H and O–H groups in total. The molecule has 4 rings (SSSR count). The quantitative estimate of drug-likeness (QED) is 0.598. The summed E-state index contributed by atoms with van der Waals surface area (Å²) >= 11 is 1.47. The molecule has 0 spiro atoms. The smallest absolute Gasteiger partial charge is 0.155 e. The maximum Gasteiger partial charge on any atom is 0.155 e. The highest BCUT2D eigenvalue weighted by Crippen LogP contribution is 2.35. The van der Waals surface area contributed by atoms with Crippen LogP contribution in [0.5, 0.6) is 0 Å². The van der Waals surface area contributed by atoms with E-state index in [2.05, 4.69) is 15.3 Å². The molecular weight excluding hydrogens is 327 g/mol. The number of benzene rings is 1. The molecule has 0 saturated carbocycles. The van der Waals surface area contributed by atoms with Gasteiger partial charge in [-0.25, -0.2) is 19.3 Å². The highest BCUT2D eigenvalue weighted by atomic mass is 32.1. The number of nitrogens with zero attached hydrogens (tertiary/aromatic N) is 4. The Morgan fingerprint density at radius 1 is 1.29 bits per heavy atom. The number of anilines is 1. The molecule has 3 heterocycles. The molecule has 1 aromatic carbocycles. The number of aromatic nitrogens is 4. The molecule has 0 saturated heterocycles. The lowest BCUT2D eigenvalue weighted by Crippen LogP contribution is -1.99. The van der Waals surface area contributed by atoms with Gasteiger partial charge in [0, 0.05) is 31.8 Å². The number of nitrogens with two attached hydrogens (primary N) is 1. The SMILES string of the molecule is CNc1nc2sc(-c3ccc(F)c(CN)c3)nc2c2c1ncn2C. The number of halogens is 1. The van der Waals surface area contributed by atoms with Crippen LogP contribution in [0.15, 0.2) is 24.5 Å². The van der Waals surface area contributed by atoms with Crippen molar-refractivity contribution in [3.8, 4) is 10.6 Å². The first kappa shape index (κ1) is 15.0. The highest BCUT2D eigenvalue weighted by Gasteiger charge is 2.17. The van der Waals surface area contributed by atoms with Crippen molar-refractivity contribution in [1.82, 2.24) is 19.5 Å². The normalized spacial score (nSPS) is 11.5. The zero-order valence-corrected chi connectivity index (χ0v) is 14.0. The summed E-state index contributed by atoms with van der Waals surface area (Å²) < 4.78 is 15.6. The molecule has 0 atom stereocenters. The van der Waals surface area contributed by atoms with Gasteiger partial charge in [-0.3, -0.25) is 0 Å². The minimum atomic E-state index is -0.299. The van der Waals surface area contributed by atoms with Gasteiger partial charge in [0.05, 0.1) is 6.33 Å². The maximum atomic E-state index is 13.7. The van der Waals surface area contributed by atoms with Crippen LogP contribution in [0.2, 0.25) is 0 Å². The second-order valence-electron chi connectivity index (χ2n) is 5.45. The van der Waals surface area contributed by atoms with Crippen LogP contribution in [0.4, 0.5) is 10.2 Å². The van der Waals surface area contributed by atoms with E-state index in [0.29, 0.717) is 5.56 Å². The average molecular weight is 342 g/mol. The summed E-state index contributed by atoms with van der Waals surface area (Å²) in [4.78, 5) is 14.5. The van der Waals surface area contributed by atoms with Crippen LogP contribution < -0.4 is 11.1 Å². The molecule has 0 unspecified atom stereocenters. The summed E-state index contributed by atoms with van der Waals surface area (Å²) in [5.41, 5.74) is 9.41. The monoisotopic (exact) mass is 342 g/mol. The minimum Gasteiger partial charge on any atom is -0.371 e. The van der Waals surface area contributed by atoms with Gasteiger partial charge in [-0.1, -0.05) is 11.3 Å². The average Bonchev–Trinajstić information content (AvgIpc) is 3.18. The molecule has 24 heavy (non-hydrogen) atoms. The number of nitrogens with one attached hydrogen (secondary N) is 1. The van der Waals surface area contributed by atoms with E-state index in [1.54, 1.807) is 18.5 Å². The van der Waals surface area contributed by atoms with Gasteiger partial charge >= 0.3 is 0 Å². The van der Waals surface area contributed by atoms with E-state index in [4.69, 9.17) is 10.7 Å². The van der Waals surface area contributed by atoms with E-state index in [1.165, 1.54) is 17.4 Å². The van der Waals surface area contributed by atoms with E-state index < -0.39 is 0 Å². The van der Waals surface area contributed by atoms with Crippen LogP contribution >= 0.6 is 11.3 Å². The number of thiazole rings is 1. The standard InChI is InChI=1S/C16H15FN6S/c1-19-14-11-13(23(2)7-20-11)12-16(22-14)24-15(21-12)8-3-4-10(17)9(5-8)6-18/h3-5,7H,6,18H2,1-2H3,(H,19,22). The van der Waals surface area contributed by atoms with Crippen molar-refractivity contribution in [3.63, 3.8) is 0 Å². The Hall–Kier alpha value is -2.58. The number of pyridine rings is 1. The first-order chi connectivity index (χ1) is 11.6. The van der Waals surface area contributed by atoms with Crippen molar-refractivity contribution in [1.29, 1.82) is 0 Å². The lowest BCUT2D eigenvalue weighted by molar-refractivity contribution is 0.611. The summed E-state index contributed by atoms with van der Waals surface area (Å²) in [6, 6.07) is 4.88. The summed E-state index contributed by atoms with van der Waals surface area (Å²) in [6.07, 6.45) is 1.75. The lowest BCUT2D eigenvalue weighted by atomic mass is 10.1. The van der Waals surface area contributed by atoms with Crippen LogP contribution in [-0.2, 0) is 13.6 Å². The number of imidazole rings is 1. The van der Waals surface area contributed by atoms with Gasteiger partial charge in [0.25, 0.3) is 0 Å². The topological polar surface area (TPSA) is 81.7 Å². The van der Waals surface area contributed by atoms with Crippen LogP contribution in [0, 0.1) is 5.82 Å². The molecular formula is C16H15FN6S. The van der Waals surface area contributed by atoms with Crippen molar-refractivity contribution in [2.24, 2.45) is 12.8 Å². The third kappa shape index (κ3) is 2.15. The van der Waals surface area contributed by atoms with E-state index in [1.807, 2.05) is 18.7 Å². The Morgan fingerprint density at radius 3 is 2.88 bits per heavy atom. The van der Waals surface area contributed by atoms with Gasteiger partial charge in [-0.15, -0.1) is 0 Å². The molecule has 0 amide bonds. The Balaban J connectivity index is 1.99. The summed E-state index contributed by atoms with van der Waals surface area (Å²) in [6.45, 7) is 0.151. The number of aryl methyl sites for hydroxylation is 1. The number of rotatable bonds is 3. The van der Waals surface area contributed by atoms with Crippen molar-refractivity contribution >= 4 is 38.5 Å². The molecule has 8 heteroatoms. The molecule has 0 aliphatic carbocycles. The van der Waals surface area contributed by atoms with Gasteiger partial charge in [0.15, 0.2) is 5.82 Å². The van der Waals surface area contributed by atoms with E-state index in [0.717, 1.165) is 37.8 Å². The van der Waals surface area contributed by atoms with E-state index >= 15 is 0 Å². The molecule has 0 aliphatic heterocycles. The molecule has 0 fully saturated rings. The van der Waals surface area contributed by atoms with Crippen LogP contribution in [0.1, 0.15) is 5.56 Å². The fourth-order valence-electron chi connectivity index (χ4n) is 2.74. The highest BCUT2D eigenvalue weighted by molar-refractivity contribution is 7.21. The van der Waals surface area contributed by atoms with Gasteiger partial charge in [0.2, 0.25) is 0 Å². The third-order valence-corrected chi connectivity index (χ3v) is 4.96. The van der Waals surface area contributed by atoms with Crippen molar-refractivity contribution < 1.29 is 4.39 Å². The van der Waals surface area contributed by atoms with Gasteiger partial charge in [-0.2, -0.15) is 0 Å².